The third kappa shape index (κ3) is 5.74. The Balaban J connectivity index is 2.13. The highest BCUT2D eigenvalue weighted by molar-refractivity contribution is 5.77. The van der Waals surface area contributed by atoms with E-state index in [9.17, 15) is 4.79 Å². The minimum Gasteiger partial charge on any atom is -0.356 e. The van der Waals surface area contributed by atoms with Crippen molar-refractivity contribution in [2.24, 2.45) is 5.73 Å². The maximum Gasteiger partial charge on any atom is 0.221 e. The van der Waals surface area contributed by atoms with Gasteiger partial charge >= 0.3 is 0 Å². The van der Waals surface area contributed by atoms with E-state index >= 15 is 0 Å². The molecule has 0 saturated heterocycles. The van der Waals surface area contributed by atoms with Crippen molar-refractivity contribution in [2.75, 3.05) is 6.54 Å². The smallest absolute Gasteiger partial charge is 0.221 e. The second-order valence-corrected chi connectivity index (χ2v) is 5.11. The van der Waals surface area contributed by atoms with Crippen molar-refractivity contribution in [3.63, 3.8) is 0 Å². The van der Waals surface area contributed by atoms with E-state index < -0.39 is 0 Å². The van der Waals surface area contributed by atoms with Crippen molar-refractivity contribution in [1.82, 2.24) is 5.32 Å². The van der Waals surface area contributed by atoms with Crippen molar-refractivity contribution < 1.29 is 4.79 Å². The lowest BCUT2D eigenvalue weighted by molar-refractivity contribution is -0.122. The molecule has 0 unspecified atom stereocenters. The van der Waals surface area contributed by atoms with Crippen LogP contribution in [-0.2, 0) is 4.79 Å². The normalized spacial score (nSPS) is 18.4. The van der Waals surface area contributed by atoms with E-state index in [2.05, 4.69) is 11.2 Å². The molecule has 3 nitrogen and oxygen atoms in total. The summed E-state index contributed by atoms with van der Waals surface area (Å²) >= 11 is 0. The topological polar surface area (TPSA) is 55.1 Å². The predicted octanol–water partition coefficient (Wildman–Crippen LogP) is 1.96. The Bertz CT molecular complexity index is 274. The van der Waals surface area contributed by atoms with Crippen LogP contribution < -0.4 is 11.1 Å². The SMILES string of the molecule is C#CCCCCNC(=O)CC1(N)CCCCC1. The maximum absolute atomic E-state index is 11.7. The minimum absolute atomic E-state index is 0.0927. The molecule has 1 fully saturated rings. The van der Waals surface area contributed by atoms with Crippen LogP contribution in [0, 0.1) is 12.3 Å². The van der Waals surface area contributed by atoms with Gasteiger partial charge in [0.05, 0.1) is 0 Å². The van der Waals surface area contributed by atoms with E-state index in [1.54, 1.807) is 0 Å². The van der Waals surface area contributed by atoms with Gasteiger partial charge in [-0.15, -0.1) is 12.3 Å². The van der Waals surface area contributed by atoms with Crippen LogP contribution in [0.1, 0.15) is 57.8 Å². The molecule has 0 aromatic carbocycles. The monoisotopic (exact) mass is 236 g/mol. The van der Waals surface area contributed by atoms with Gasteiger partial charge in [-0.1, -0.05) is 19.3 Å². The van der Waals surface area contributed by atoms with Gasteiger partial charge in [-0.3, -0.25) is 4.79 Å². The number of carbonyl (C=O) groups excluding carboxylic acids is 1. The molecular weight excluding hydrogens is 212 g/mol. The van der Waals surface area contributed by atoms with Crippen molar-refractivity contribution in [2.45, 2.75) is 63.3 Å². The van der Waals surface area contributed by atoms with Crippen LogP contribution in [0.25, 0.3) is 0 Å². The number of hydrogen-bond acceptors (Lipinski definition) is 2. The third-order valence-electron chi connectivity index (χ3n) is 3.43. The summed E-state index contributed by atoms with van der Waals surface area (Å²) in [5.41, 5.74) is 5.98. The minimum atomic E-state index is -0.249. The van der Waals surface area contributed by atoms with E-state index in [1.165, 1.54) is 6.42 Å². The van der Waals surface area contributed by atoms with Gasteiger partial charge in [-0.2, -0.15) is 0 Å². The van der Waals surface area contributed by atoms with Gasteiger partial charge in [0.1, 0.15) is 0 Å². The molecule has 1 saturated carbocycles. The number of rotatable bonds is 6. The lowest BCUT2D eigenvalue weighted by atomic mass is 9.80. The van der Waals surface area contributed by atoms with Crippen LogP contribution in [0.2, 0.25) is 0 Å². The molecule has 0 aliphatic heterocycles. The average Bonchev–Trinajstić information content (AvgIpc) is 2.29. The fourth-order valence-electron chi connectivity index (χ4n) is 2.39. The van der Waals surface area contributed by atoms with E-state index in [-0.39, 0.29) is 11.4 Å². The molecular formula is C14H24N2O. The van der Waals surface area contributed by atoms with Gasteiger partial charge in [0.2, 0.25) is 5.91 Å². The maximum atomic E-state index is 11.7. The fourth-order valence-corrected chi connectivity index (χ4v) is 2.39. The number of terminal acetylenes is 1. The summed E-state index contributed by atoms with van der Waals surface area (Å²) < 4.78 is 0. The van der Waals surface area contributed by atoms with Crippen molar-refractivity contribution in [3.05, 3.63) is 0 Å². The second-order valence-electron chi connectivity index (χ2n) is 5.11. The Hall–Kier alpha value is -1.01. The Morgan fingerprint density at radius 1 is 1.29 bits per heavy atom. The molecule has 3 heteroatoms. The second kappa shape index (κ2) is 7.34. The lowest BCUT2D eigenvalue weighted by Gasteiger charge is -2.32. The largest absolute Gasteiger partial charge is 0.356 e. The van der Waals surface area contributed by atoms with Gasteiger partial charge in [-0.25, -0.2) is 0 Å². The first-order valence-corrected chi connectivity index (χ1v) is 6.65. The molecule has 1 aliphatic rings. The first kappa shape index (κ1) is 14.1. The first-order valence-electron chi connectivity index (χ1n) is 6.65. The van der Waals surface area contributed by atoms with Crippen molar-refractivity contribution in [3.8, 4) is 12.3 Å². The molecule has 0 bridgehead atoms. The highest BCUT2D eigenvalue weighted by atomic mass is 16.1. The molecule has 0 aromatic rings. The average molecular weight is 236 g/mol. The summed E-state index contributed by atoms with van der Waals surface area (Å²) in [5, 5.41) is 2.93. The third-order valence-corrected chi connectivity index (χ3v) is 3.43. The predicted molar refractivity (Wildman–Crippen MR) is 70.3 cm³/mol. The van der Waals surface area contributed by atoms with Crippen LogP contribution in [0.15, 0.2) is 0 Å². The van der Waals surface area contributed by atoms with E-state index in [0.717, 1.165) is 51.5 Å². The summed E-state index contributed by atoms with van der Waals surface area (Å²) in [5.74, 6) is 2.69. The van der Waals surface area contributed by atoms with E-state index in [1.807, 2.05) is 0 Å². The van der Waals surface area contributed by atoms with Crippen molar-refractivity contribution >= 4 is 5.91 Å². The quantitative estimate of drug-likeness (QED) is 0.547. The summed E-state index contributed by atoms with van der Waals surface area (Å²) in [4.78, 5) is 11.7. The summed E-state index contributed by atoms with van der Waals surface area (Å²) in [6.07, 6.45) is 13.9. The zero-order valence-electron chi connectivity index (χ0n) is 10.6. The number of hydrogen-bond donors (Lipinski definition) is 2. The summed E-state index contributed by atoms with van der Waals surface area (Å²) in [6, 6.07) is 0. The standard InChI is InChI=1S/C14H24N2O/c1-2-3-4-8-11-16-13(17)12-14(15)9-6-5-7-10-14/h1H,3-12,15H2,(H,16,17). The molecule has 0 radical (unpaired) electrons. The van der Waals surface area contributed by atoms with Gasteiger partial charge < -0.3 is 11.1 Å². The lowest BCUT2D eigenvalue weighted by Crippen LogP contribution is -2.46. The Morgan fingerprint density at radius 3 is 2.65 bits per heavy atom. The summed E-state index contributed by atoms with van der Waals surface area (Å²) in [7, 11) is 0. The van der Waals surface area contributed by atoms with Crippen molar-refractivity contribution in [1.29, 1.82) is 0 Å². The molecule has 1 amide bonds. The molecule has 17 heavy (non-hydrogen) atoms. The molecule has 0 spiro atoms. The highest BCUT2D eigenvalue weighted by Crippen LogP contribution is 2.28. The fraction of sp³-hybridized carbons (Fsp3) is 0.786. The molecule has 0 aromatic heterocycles. The zero-order chi connectivity index (χ0) is 12.6. The van der Waals surface area contributed by atoms with Gasteiger partial charge in [-0.05, 0) is 25.7 Å². The number of unbranched alkanes of at least 4 members (excludes halogenated alkanes) is 2. The Kier molecular flexibility index (Phi) is 6.07. The molecule has 1 rings (SSSR count). The van der Waals surface area contributed by atoms with Crippen LogP contribution in [-0.4, -0.2) is 18.0 Å². The van der Waals surface area contributed by atoms with Crippen LogP contribution in [0.3, 0.4) is 0 Å². The number of amides is 1. The molecule has 1 aliphatic carbocycles. The van der Waals surface area contributed by atoms with Gasteiger partial charge in [0.25, 0.3) is 0 Å². The zero-order valence-corrected chi connectivity index (χ0v) is 10.6. The van der Waals surface area contributed by atoms with E-state index in [0.29, 0.717) is 6.42 Å². The van der Waals surface area contributed by atoms with Crippen LogP contribution in [0.5, 0.6) is 0 Å². The first-order chi connectivity index (χ1) is 8.16. The van der Waals surface area contributed by atoms with E-state index in [4.69, 9.17) is 12.2 Å². The van der Waals surface area contributed by atoms with Gasteiger partial charge in [0, 0.05) is 24.9 Å². The summed E-state index contributed by atoms with van der Waals surface area (Å²) in [6.45, 7) is 0.719. The molecule has 3 N–H and O–H groups in total. The van der Waals surface area contributed by atoms with Gasteiger partial charge in [0.15, 0.2) is 0 Å². The molecule has 0 heterocycles. The number of carbonyl (C=O) groups is 1. The molecule has 0 atom stereocenters. The highest BCUT2D eigenvalue weighted by Gasteiger charge is 2.29. The Labute approximate surface area is 105 Å². The number of nitrogens with two attached hydrogens (primary N) is 1. The van der Waals surface area contributed by atoms with Crippen LogP contribution in [0.4, 0.5) is 0 Å². The number of nitrogens with one attached hydrogen (secondary N) is 1. The Morgan fingerprint density at radius 2 is 2.00 bits per heavy atom. The van der Waals surface area contributed by atoms with Crippen LogP contribution >= 0.6 is 0 Å². The molecule has 96 valence electrons.